The lowest BCUT2D eigenvalue weighted by atomic mass is 10.1. The maximum Gasteiger partial charge on any atom is 0.193 e. The third kappa shape index (κ3) is 5.52. The van der Waals surface area contributed by atoms with Gasteiger partial charge >= 0.3 is 0 Å². The van der Waals surface area contributed by atoms with Gasteiger partial charge in [0.2, 0.25) is 0 Å². The lowest BCUT2D eigenvalue weighted by molar-refractivity contribution is 0.470. The number of aryl methyl sites for hydroxylation is 2. The lowest BCUT2D eigenvalue weighted by Gasteiger charge is -2.21. The Bertz CT molecular complexity index is 654. The monoisotopic (exact) mass is 350 g/mol. The van der Waals surface area contributed by atoms with Crippen LogP contribution in [0.25, 0.3) is 0 Å². The number of rotatable bonds is 6. The van der Waals surface area contributed by atoms with Gasteiger partial charge in [0.25, 0.3) is 0 Å². The molecule has 0 atom stereocenters. The van der Waals surface area contributed by atoms with Crippen LogP contribution < -0.4 is 5.32 Å². The van der Waals surface area contributed by atoms with Crippen molar-refractivity contribution in [1.29, 1.82) is 0 Å². The number of benzene rings is 1. The van der Waals surface area contributed by atoms with E-state index in [0.29, 0.717) is 0 Å². The van der Waals surface area contributed by atoms with E-state index in [-0.39, 0.29) is 0 Å². The summed E-state index contributed by atoms with van der Waals surface area (Å²) in [5.74, 6) is 0.884. The van der Waals surface area contributed by atoms with Gasteiger partial charge in [-0.15, -0.1) is 11.3 Å². The quantitative estimate of drug-likeness (QED) is 0.490. The number of hydrogen-bond acceptors (Lipinski definition) is 3. The molecule has 0 radical (unpaired) electrons. The summed E-state index contributed by atoms with van der Waals surface area (Å²) in [7, 11) is 3.83. The van der Waals surface area contributed by atoms with Crippen LogP contribution in [0.3, 0.4) is 0 Å². The average molecular weight is 351 g/mol. The number of guanidine groups is 1. The van der Waals surface area contributed by atoms with E-state index in [1.165, 1.54) is 5.56 Å². The first-order chi connectivity index (χ1) is 11.1. The van der Waals surface area contributed by atoms with E-state index in [1.807, 2.05) is 32.2 Å². The van der Waals surface area contributed by atoms with Gasteiger partial charge in [0.1, 0.15) is 0 Å². The highest BCUT2D eigenvalue weighted by atomic mass is 35.5. The molecule has 1 aromatic heterocycles. The molecule has 1 aromatic carbocycles. The number of thiazole rings is 1. The average Bonchev–Trinajstić information content (AvgIpc) is 2.94. The van der Waals surface area contributed by atoms with Crippen LogP contribution in [-0.2, 0) is 13.0 Å². The van der Waals surface area contributed by atoms with Crippen molar-refractivity contribution in [3.63, 3.8) is 0 Å². The van der Waals surface area contributed by atoms with Crippen molar-refractivity contribution in [3.8, 4) is 0 Å². The Hall–Kier alpha value is -1.59. The van der Waals surface area contributed by atoms with Crippen molar-refractivity contribution in [2.45, 2.75) is 26.3 Å². The van der Waals surface area contributed by atoms with Crippen molar-refractivity contribution in [2.75, 3.05) is 20.6 Å². The normalized spacial score (nSPS) is 11.6. The molecule has 0 saturated heterocycles. The highest BCUT2D eigenvalue weighted by Gasteiger charge is 2.08. The molecule has 0 saturated carbocycles. The molecule has 1 heterocycles. The van der Waals surface area contributed by atoms with Crippen LogP contribution >= 0.6 is 22.9 Å². The predicted molar refractivity (Wildman–Crippen MR) is 99.5 cm³/mol. The number of halogens is 1. The van der Waals surface area contributed by atoms with Gasteiger partial charge in [-0.05, 0) is 31.4 Å². The Morgan fingerprint density at radius 2 is 2.17 bits per heavy atom. The fourth-order valence-electron chi connectivity index (χ4n) is 2.36. The molecule has 0 fully saturated rings. The zero-order valence-corrected chi connectivity index (χ0v) is 15.4. The topological polar surface area (TPSA) is 40.5 Å². The Labute approximate surface area is 147 Å². The molecule has 0 amide bonds. The predicted octanol–water partition coefficient (Wildman–Crippen LogP) is 3.74. The van der Waals surface area contributed by atoms with Gasteiger partial charge in [-0.1, -0.05) is 29.8 Å². The van der Waals surface area contributed by atoms with Crippen molar-refractivity contribution in [2.24, 2.45) is 4.99 Å². The highest BCUT2D eigenvalue weighted by Crippen LogP contribution is 2.16. The Morgan fingerprint density at radius 1 is 1.39 bits per heavy atom. The molecule has 23 heavy (non-hydrogen) atoms. The molecular weight excluding hydrogens is 328 g/mol. The fourth-order valence-corrected chi connectivity index (χ4v) is 3.20. The van der Waals surface area contributed by atoms with Crippen LogP contribution in [-0.4, -0.2) is 36.5 Å². The second kappa shape index (κ2) is 8.89. The summed E-state index contributed by atoms with van der Waals surface area (Å²) < 4.78 is 0. The molecule has 6 heteroatoms. The Morgan fingerprint density at radius 3 is 2.83 bits per heavy atom. The van der Waals surface area contributed by atoms with Crippen molar-refractivity contribution >= 4 is 28.9 Å². The molecule has 0 aliphatic heterocycles. The van der Waals surface area contributed by atoms with E-state index in [1.54, 1.807) is 18.4 Å². The Kier molecular flexibility index (Phi) is 6.86. The molecule has 0 aliphatic carbocycles. The number of aromatic nitrogens is 1. The molecule has 2 rings (SSSR count). The maximum absolute atomic E-state index is 6.18. The van der Waals surface area contributed by atoms with Crippen LogP contribution in [0.2, 0.25) is 5.02 Å². The van der Waals surface area contributed by atoms with E-state index in [0.717, 1.165) is 47.6 Å². The van der Waals surface area contributed by atoms with E-state index in [9.17, 15) is 0 Å². The van der Waals surface area contributed by atoms with Crippen molar-refractivity contribution in [3.05, 3.63) is 50.9 Å². The molecule has 4 nitrogen and oxygen atoms in total. The first-order valence-corrected chi connectivity index (χ1v) is 8.92. The van der Waals surface area contributed by atoms with Crippen molar-refractivity contribution in [1.82, 2.24) is 15.2 Å². The summed E-state index contributed by atoms with van der Waals surface area (Å²) in [4.78, 5) is 10.9. The highest BCUT2D eigenvalue weighted by molar-refractivity contribution is 7.09. The van der Waals surface area contributed by atoms with E-state index < -0.39 is 0 Å². The Balaban J connectivity index is 1.77. The molecule has 1 N–H and O–H groups in total. The first kappa shape index (κ1) is 17.8. The molecule has 0 bridgehead atoms. The SMILES string of the molecule is CN=C(NCCCc1ccccc1Cl)N(C)Cc1csc(C)n1. The molecule has 124 valence electrons. The minimum absolute atomic E-state index is 0.758. The van der Waals surface area contributed by atoms with E-state index in [2.05, 4.69) is 31.6 Å². The van der Waals surface area contributed by atoms with Gasteiger partial charge in [0.15, 0.2) is 5.96 Å². The number of nitrogens with zero attached hydrogens (tertiary/aromatic N) is 3. The summed E-state index contributed by atoms with van der Waals surface area (Å²) in [5, 5.41) is 7.42. The molecule has 0 spiro atoms. The van der Waals surface area contributed by atoms with Crippen LogP contribution in [0.1, 0.15) is 22.7 Å². The largest absolute Gasteiger partial charge is 0.356 e. The summed E-state index contributed by atoms with van der Waals surface area (Å²) in [6, 6.07) is 8.00. The lowest BCUT2D eigenvalue weighted by Crippen LogP contribution is -2.39. The van der Waals surface area contributed by atoms with Gasteiger partial charge in [0.05, 0.1) is 17.2 Å². The van der Waals surface area contributed by atoms with Gasteiger partial charge in [-0.25, -0.2) is 4.98 Å². The summed E-state index contributed by atoms with van der Waals surface area (Å²) >= 11 is 7.85. The summed E-state index contributed by atoms with van der Waals surface area (Å²) in [6.07, 6.45) is 1.96. The van der Waals surface area contributed by atoms with Crippen molar-refractivity contribution < 1.29 is 0 Å². The van der Waals surface area contributed by atoms with E-state index in [4.69, 9.17) is 11.6 Å². The second-order valence-corrected chi connectivity index (χ2v) is 6.85. The molecule has 0 unspecified atom stereocenters. The number of nitrogens with one attached hydrogen (secondary N) is 1. The maximum atomic E-state index is 6.18. The van der Waals surface area contributed by atoms with Gasteiger partial charge in [-0.3, -0.25) is 4.99 Å². The molecule has 0 aliphatic rings. The number of hydrogen-bond donors (Lipinski definition) is 1. The third-order valence-corrected chi connectivity index (χ3v) is 4.69. The first-order valence-electron chi connectivity index (χ1n) is 7.66. The minimum Gasteiger partial charge on any atom is -0.356 e. The molecular formula is C17H23ClN4S. The minimum atomic E-state index is 0.758. The van der Waals surface area contributed by atoms with E-state index >= 15 is 0 Å². The summed E-state index contributed by atoms with van der Waals surface area (Å²) in [5.41, 5.74) is 2.27. The second-order valence-electron chi connectivity index (χ2n) is 5.38. The standard InChI is InChI=1S/C17H23ClN4S/c1-13-21-15(12-23-13)11-22(3)17(19-2)20-10-6-8-14-7-4-5-9-16(14)18/h4-5,7,9,12H,6,8,10-11H2,1-3H3,(H,19,20). The third-order valence-electron chi connectivity index (χ3n) is 3.50. The van der Waals surface area contributed by atoms with Crippen LogP contribution in [0, 0.1) is 6.92 Å². The smallest absolute Gasteiger partial charge is 0.193 e. The van der Waals surface area contributed by atoms with Crippen LogP contribution in [0.15, 0.2) is 34.6 Å². The van der Waals surface area contributed by atoms with Crippen LogP contribution in [0.5, 0.6) is 0 Å². The zero-order valence-electron chi connectivity index (χ0n) is 13.8. The zero-order chi connectivity index (χ0) is 16.7. The number of aliphatic imine (C=N–C) groups is 1. The molecule has 2 aromatic rings. The summed E-state index contributed by atoms with van der Waals surface area (Å²) in [6.45, 7) is 3.64. The van der Waals surface area contributed by atoms with Gasteiger partial charge in [-0.2, -0.15) is 0 Å². The van der Waals surface area contributed by atoms with Gasteiger partial charge in [0, 0.05) is 31.0 Å². The fraction of sp³-hybridized carbons (Fsp3) is 0.412. The van der Waals surface area contributed by atoms with Crippen LogP contribution in [0.4, 0.5) is 0 Å². The van der Waals surface area contributed by atoms with Gasteiger partial charge < -0.3 is 10.2 Å².